The maximum Gasteiger partial charge on any atom is 0.259 e. The average molecular weight is 441 g/mol. The number of amides is 1. The van der Waals surface area contributed by atoms with Crippen LogP contribution in [0, 0.1) is 0 Å². The third-order valence-corrected chi connectivity index (χ3v) is 6.62. The maximum absolute atomic E-state index is 12.9. The molecule has 0 atom stereocenters. The molecule has 1 heterocycles. The number of halogens is 1. The summed E-state index contributed by atoms with van der Waals surface area (Å²) in [5, 5.41) is 3.03. The van der Waals surface area contributed by atoms with Gasteiger partial charge < -0.3 is 19.5 Å². The van der Waals surface area contributed by atoms with Crippen LogP contribution in [0.5, 0.6) is 11.5 Å². The minimum Gasteiger partial charge on any atom is -0.496 e. The highest BCUT2D eigenvalue weighted by Gasteiger charge is 2.28. The van der Waals surface area contributed by atoms with Crippen LogP contribution in [0.3, 0.4) is 0 Å². The van der Waals surface area contributed by atoms with Crippen LogP contribution in [-0.2, 0) is 14.8 Å². The molecule has 156 valence electrons. The van der Waals surface area contributed by atoms with E-state index in [1.807, 2.05) is 0 Å². The number of methoxy groups -OCH3 is 2. The zero-order valence-electron chi connectivity index (χ0n) is 16.0. The van der Waals surface area contributed by atoms with Gasteiger partial charge in [-0.25, -0.2) is 8.42 Å². The standard InChI is InChI=1S/C19H21ClN2O6S/c1-26-17-6-4-14(29(24,25)22-7-9-28-10-8-22)12-15(17)19(23)21-13-3-5-18(27-2)16(20)11-13/h3-6,11-12H,7-10H2,1-2H3,(H,21,23). The molecule has 2 aromatic carbocycles. The molecular weight excluding hydrogens is 420 g/mol. The number of rotatable bonds is 6. The normalized spacial score (nSPS) is 15.0. The number of nitrogens with one attached hydrogen (secondary N) is 1. The summed E-state index contributed by atoms with van der Waals surface area (Å²) >= 11 is 6.09. The minimum absolute atomic E-state index is 0.0121. The summed E-state index contributed by atoms with van der Waals surface area (Å²) in [5.74, 6) is 0.200. The fourth-order valence-corrected chi connectivity index (χ4v) is 4.60. The first-order chi connectivity index (χ1) is 13.9. The number of morpholine rings is 1. The first-order valence-corrected chi connectivity index (χ1v) is 10.6. The van der Waals surface area contributed by atoms with Crippen LogP contribution in [-0.4, -0.2) is 59.2 Å². The lowest BCUT2D eigenvalue weighted by Crippen LogP contribution is -2.40. The van der Waals surface area contributed by atoms with Crippen LogP contribution in [0.15, 0.2) is 41.3 Å². The van der Waals surface area contributed by atoms with Crippen molar-refractivity contribution in [1.82, 2.24) is 4.31 Å². The van der Waals surface area contributed by atoms with Crippen LogP contribution in [0.25, 0.3) is 0 Å². The second kappa shape index (κ2) is 9.00. The van der Waals surface area contributed by atoms with Crippen LogP contribution in [0.4, 0.5) is 5.69 Å². The molecule has 10 heteroatoms. The highest BCUT2D eigenvalue weighted by Crippen LogP contribution is 2.29. The molecule has 8 nitrogen and oxygen atoms in total. The van der Waals surface area contributed by atoms with Crippen molar-refractivity contribution in [2.24, 2.45) is 0 Å². The van der Waals surface area contributed by atoms with Crippen LogP contribution < -0.4 is 14.8 Å². The zero-order chi connectivity index (χ0) is 21.0. The molecular formula is C19H21ClN2O6S. The number of carbonyl (C=O) groups excluding carboxylic acids is 1. The van der Waals surface area contributed by atoms with Crippen molar-refractivity contribution >= 4 is 33.2 Å². The van der Waals surface area contributed by atoms with E-state index in [-0.39, 0.29) is 29.3 Å². The third-order valence-electron chi connectivity index (χ3n) is 4.43. The number of nitrogens with zero attached hydrogens (tertiary/aromatic N) is 1. The lowest BCUT2D eigenvalue weighted by molar-refractivity contribution is 0.0730. The summed E-state index contributed by atoms with van der Waals surface area (Å²) in [7, 11) is -0.851. The van der Waals surface area contributed by atoms with E-state index in [0.29, 0.717) is 29.7 Å². The van der Waals surface area contributed by atoms with Gasteiger partial charge in [0.25, 0.3) is 5.91 Å². The summed E-state index contributed by atoms with van der Waals surface area (Å²) in [6, 6.07) is 8.98. The lowest BCUT2D eigenvalue weighted by Gasteiger charge is -2.26. The predicted molar refractivity (Wildman–Crippen MR) is 109 cm³/mol. The number of hydrogen-bond acceptors (Lipinski definition) is 6. The van der Waals surface area contributed by atoms with Crippen molar-refractivity contribution in [2.75, 3.05) is 45.8 Å². The van der Waals surface area contributed by atoms with Gasteiger partial charge in [-0.3, -0.25) is 4.79 Å². The molecule has 3 rings (SSSR count). The molecule has 1 N–H and O–H groups in total. The Morgan fingerprint density at radius 2 is 1.72 bits per heavy atom. The summed E-state index contributed by atoms with van der Waals surface area (Å²) in [4.78, 5) is 12.8. The second-order valence-electron chi connectivity index (χ2n) is 6.18. The minimum atomic E-state index is -3.75. The van der Waals surface area contributed by atoms with Gasteiger partial charge in [0.1, 0.15) is 11.5 Å². The number of hydrogen-bond donors (Lipinski definition) is 1. The van der Waals surface area contributed by atoms with Gasteiger partial charge in [-0.15, -0.1) is 0 Å². The Morgan fingerprint density at radius 3 is 2.34 bits per heavy atom. The van der Waals surface area contributed by atoms with Crippen molar-refractivity contribution in [2.45, 2.75) is 4.90 Å². The lowest BCUT2D eigenvalue weighted by atomic mass is 10.2. The topological polar surface area (TPSA) is 94.2 Å². The van der Waals surface area contributed by atoms with Crippen LogP contribution >= 0.6 is 11.6 Å². The largest absolute Gasteiger partial charge is 0.496 e. The highest BCUT2D eigenvalue weighted by atomic mass is 35.5. The van der Waals surface area contributed by atoms with Gasteiger partial charge in [-0.05, 0) is 36.4 Å². The Balaban J connectivity index is 1.90. The zero-order valence-corrected chi connectivity index (χ0v) is 17.5. The molecule has 0 aliphatic carbocycles. The van der Waals surface area contributed by atoms with E-state index in [1.165, 1.54) is 36.7 Å². The molecule has 0 aromatic heterocycles. The molecule has 1 saturated heterocycles. The molecule has 0 unspecified atom stereocenters. The first-order valence-electron chi connectivity index (χ1n) is 8.77. The molecule has 1 amide bonds. The van der Waals surface area contributed by atoms with Crippen LogP contribution in [0.1, 0.15) is 10.4 Å². The van der Waals surface area contributed by atoms with E-state index < -0.39 is 15.9 Å². The molecule has 1 fully saturated rings. The third kappa shape index (κ3) is 4.64. The molecule has 2 aromatic rings. The molecule has 0 spiro atoms. The van der Waals surface area contributed by atoms with Crippen molar-refractivity contribution in [1.29, 1.82) is 0 Å². The summed E-state index contributed by atoms with van der Waals surface area (Å²) in [6.45, 7) is 1.20. The number of ether oxygens (including phenoxy) is 3. The van der Waals surface area contributed by atoms with Gasteiger partial charge in [-0.2, -0.15) is 4.31 Å². The molecule has 0 radical (unpaired) electrons. The smallest absolute Gasteiger partial charge is 0.259 e. The van der Waals surface area contributed by atoms with Gasteiger partial charge in [0.05, 0.1) is 42.9 Å². The van der Waals surface area contributed by atoms with Crippen LogP contribution in [0.2, 0.25) is 5.02 Å². The Morgan fingerprint density at radius 1 is 1.07 bits per heavy atom. The Kier molecular flexibility index (Phi) is 6.63. The summed E-state index contributed by atoms with van der Waals surface area (Å²) < 4.78 is 42.7. The van der Waals surface area contributed by atoms with Gasteiger partial charge in [0, 0.05) is 18.8 Å². The van der Waals surface area contributed by atoms with E-state index in [1.54, 1.807) is 18.2 Å². The number of anilines is 1. The monoisotopic (exact) mass is 440 g/mol. The highest BCUT2D eigenvalue weighted by molar-refractivity contribution is 7.89. The van der Waals surface area contributed by atoms with Crippen molar-refractivity contribution in [3.8, 4) is 11.5 Å². The van der Waals surface area contributed by atoms with E-state index >= 15 is 0 Å². The van der Waals surface area contributed by atoms with E-state index in [9.17, 15) is 13.2 Å². The summed E-state index contributed by atoms with van der Waals surface area (Å²) in [5.41, 5.74) is 0.526. The predicted octanol–water partition coefficient (Wildman–Crippen LogP) is 2.63. The van der Waals surface area contributed by atoms with Gasteiger partial charge in [-0.1, -0.05) is 11.6 Å². The molecule has 1 aliphatic rings. The van der Waals surface area contributed by atoms with E-state index in [2.05, 4.69) is 5.32 Å². The molecule has 0 bridgehead atoms. The van der Waals surface area contributed by atoms with E-state index in [4.69, 9.17) is 25.8 Å². The summed E-state index contributed by atoms with van der Waals surface area (Å²) in [6.07, 6.45) is 0. The van der Waals surface area contributed by atoms with Gasteiger partial charge >= 0.3 is 0 Å². The van der Waals surface area contributed by atoms with Crippen molar-refractivity contribution in [3.63, 3.8) is 0 Å². The maximum atomic E-state index is 12.9. The first kappa shape index (κ1) is 21.4. The number of sulfonamides is 1. The van der Waals surface area contributed by atoms with Crippen molar-refractivity contribution < 1.29 is 27.4 Å². The Hall–Kier alpha value is -2.33. The Labute approximate surface area is 174 Å². The van der Waals surface area contributed by atoms with E-state index in [0.717, 1.165) is 0 Å². The van der Waals surface area contributed by atoms with Crippen molar-refractivity contribution in [3.05, 3.63) is 47.0 Å². The fourth-order valence-electron chi connectivity index (χ4n) is 2.90. The fraction of sp³-hybridized carbons (Fsp3) is 0.316. The molecule has 1 aliphatic heterocycles. The quantitative estimate of drug-likeness (QED) is 0.742. The number of carbonyl (C=O) groups is 1. The van der Waals surface area contributed by atoms with Gasteiger partial charge in [0.2, 0.25) is 10.0 Å². The number of benzene rings is 2. The second-order valence-corrected chi connectivity index (χ2v) is 8.53. The SMILES string of the molecule is COc1ccc(NC(=O)c2cc(S(=O)(=O)N3CCOCC3)ccc2OC)cc1Cl. The average Bonchev–Trinajstić information content (AvgIpc) is 2.74. The molecule has 29 heavy (non-hydrogen) atoms. The molecule has 0 saturated carbocycles. The Bertz CT molecular complexity index is 1010. The van der Waals surface area contributed by atoms with Gasteiger partial charge in [0.15, 0.2) is 0 Å².